The number of halogens is 1. The number of methoxy groups -OCH3 is 1. The van der Waals surface area contributed by atoms with Crippen LogP contribution in [0.2, 0.25) is 0 Å². The van der Waals surface area contributed by atoms with Gasteiger partial charge in [0.25, 0.3) is 0 Å². The highest BCUT2D eigenvalue weighted by atomic mass is 79.9. The Kier molecular flexibility index (Phi) is 6.51. The average molecular weight is 486 g/mol. The number of pyridine rings is 1. The second-order valence-electron chi connectivity index (χ2n) is 7.35. The van der Waals surface area contributed by atoms with Crippen LogP contribution in [0.4, 0.5) is 0 Å². The van der Waals surface area contributed by atoms with Crippen molar-refractivity contribution in [2.24, 2.45) is 0 Å². The highest BCUT2D eigenvalue weighted by molar-refractivity contribution is 9.10. The number of furan rings is 1. The largest absolute Gasteiger partial charge is 0.459 e. The topological polar surface area (TPSA) is 50.5 Å². The zero-order chi connectivity index (χ0) is 21.1. The highest BCUT2D eigenvalue weighted by Gasteiger charge is 2.41. The van der Waals surface area contributed by atoms with Crippen LogP contribution in [0.25, 0.3) is 11.3 Å². The van der Waals surface area contributed by atoms with Gasteiger partial charge in [0.15, 0.2) is 5.11 Å². The van der Waals surface area contributed by atoms with Gasteiger partial charge in [-0.25, -0.2) is 0 Å². The summed E-state index contributed by atoms with van der Waals surface area (Å²) in [5.74, 6) is 1.68. The van der Waals surface area contributed by atoms with Crippen molar-refractivity contribution in [3.63, 3.8) is 0 Å². The zero-order valence-corrected chi connectivity index (χ0v) is 19.4. The maximum atomic E-state index is 6.38. The standard InChI is InChI=1S/C23H24BrN3O2S/c1-15-7-8-16(17(24)14-15)19-9-10-20(29-19)22-21(18-6-3-4-11-25-18)26-23(30)27(22)12-5-13-28-2/h3-4,6-11,14,21-22H,5,12-13H2,1-2H3,(H,26,30). The Morgan fingerprint density at radius 3 is 2.83 bits per heavy atom. The molecule has 5 nitrogen and oxygen atoms in total. The molecule has 30 heavy (non-hydrogen) atoms. The predicted octanol–water partition coefficient (Wildman–Crippen LogP) is 5.42. The molecule has 1 aliphatic rings. The summed E-state index contributed by atoms with van der Waals surface area (Å²) in [7, 11) is 1.72. The van der Waals surface area contributed by atoms with Crippen LogP contribution in [-0.2, 0) is 4.74 Å². The van der Waals surface area contributed by atoms with Gasteiger partial charge in [-0.3, -0.25) is 4.98 Å². The van der Waals surface area contributed by atoms with Crippen LogP contribution in [0.15, 0.2) is 63.6 Å². The van der Waals surface area contributed by atoms with Crippen LogP contribution in [0.5, 0.6) is 0 Å². The SMILES string of the molecule is COCCCN1C(=S)NC(c2ccccn2)C1c1ccc(-c2ccc(C)cc2Br)o1. The molecule has 0 radical (unpaired) electrons. The van der Waals surface area contributed by atoms with Crippen LogP contribution >= 0.6 is 28.1 Å². The summed E-state index contributed by atoms with van der Waals surface area (Å²) < 4.78 is 12.6. The van der Waals surface area contributed by atoms with Gasteiger partial charge in [0, 0.05) is 36.5 Å². The van der Waals surface area contributed by atoms with Crippen molar-refractivity contribution >= 4 is 33.3 Å². The molecule has 0 saturated carbocycles. The van der Waals surface area contributed by atoms with Crippen molar-refractivity contribution in [3.8, 4) is 11.3 Å². The van der Waals surface area contributed by atoms with Gasteiger partial charge in [0.05, 0.1) is 11.7 Å². The maximum absolute atomic E-state index is 6.38. The number of aromatic nitrogens is 1. The van der Waals surface area contributed by atoms with Crippen LogP contribution < -0.4 is 5.32 Å². The molecule has 3 aromatic rings. The molecule has 1 fully saturated rings. The number of hydrogen-bond donors (Lipinski definition) is 1. The van der Waals surface area contributed by atoms with E-state index in [0.29, 0.717) is 11.7 Å². The van der Waals surface area contributed by atoms with E-state index in [4.69, 9.17) is 21.4 Å². The van der Waals surface area contributed by atoms with E-state index in [9.17, 15) is 0 Å². The smallest absolute Gasteiger partial charge is 0.170 e. The van der Waals surface area contributed by atoms with Crippen LogP contribution in [0.1, 0.15) is 35.5 Å². The lowest BCUT2D eigenvalue weighted by molar-refractivity contribution is 0.177. The molecule has 1 saturated heterocycles. The van der Waals surface area contributed by atoms with E-state index in [1.165, 1.54) is 5.56 Å². The molecule has 0 bridgehead atoms. The van der Waals surface area contributed by atoms with E-state index in [1.807, 2.05) is 36.5 Å². The summed E-state index contributed by atoms with van der Waals surface area (Å²) in [5.41, 5.74) is 3.16. The molecule has 4 rings (SSSR count). The molecule has 7 heteroatoms. The molecule has 1 N–H and O–H groups in total. The third kappa shape index (κ3) is 4.29. The van der Waals surface area contributed by atoms with Crippen molar-refractivity contribution in [2.75, 3.05) is 20.3 Å². The second kappa shape index (κ2) is 9.29. The first kappa shape index (κ1) is 21.0. The van der Waals surface area contributed by atoms with Gasteiger partial charge in [-0.1, -0.05) is 28.1 Å². The molecule has 0 aliphatic carbocycles. The highest BCUT2D eigenvalue weighted by Crippen LogP contribution is 2.41. The minimum Gasteiger partial charge on any atom is -0.459 e. The normalized spacial score (nSPS) is 18.6. The molecule has 0 amide bonds. The Hall–Kier alpha value is -2.22. The number of nitrogens with zero attached hydrogens (tertiary/aromatic N) is 2. The number of hydrogen-bond acceptors (Lipinski definition) is 4. The average Bonchev–Trinajstić information content (AvgIpc) is 3.34. The third-order valence-electron chi connectivity index (χ3n) is 5.25. The lowest BCUT2D eigenvalue weighted by Crippen LogP contribution is -2.31. The van der Waals surface area contributed by atoms with E-state index in [-0.39, 0.29) is 12.1 Å². The van der Waals surface area contributed by atoms with Crippen molar-refractivity contribution in [1.82, 2.24) is 15.2 Å². The fraction of sp³-hybridized carbons (Fsp3) is 0.304. The van der Waals surface area contributed by atoms with Crippen LogP contribution in [0, 0.1) is 6.92 Å². The van der Waals surface area contributed by atoms with Crippen molar-refractivity contribution in [2.45, 2.75) is 25.4 Å². The molecule has 2 unspecified atom stereocenters. The fourth-order valence-electron chi connectivity index (χ4n) is 3.81. The van der Waals surface area contributed by atoms with Gasteiger partial charge in [-0.15, -0.1) is 0 Å². The van der Waals surface area contributed by atoms with Gasteiger partial charge in [-0.2, -0.15) is 0 Å². The van der Waals surface area contributed by atoms with E-state index in [1.54, 1.807) is 7.11 Å². The van der Waals surface area contributed by atoms with Crippen LogP contribution in [0.3, 0.4) is 0 Å². The fourth-order valence-corrected chi connectivity index (χ4v) is 4.83. The number of nitrogens with one attached hydrogen (secondary N) is 1. The van der Waals surface area contributed by atoms with E-state index < -0.39 is 0 Å². The number of thiocarbonyl (C=S) groups is 1. The Bertz CT molecular complexity index is 1020. The predicted molar refractivity (Wildman–Crippen MR) is 125 cm³/mol. The van der Waals surface area contributed by atoms with Gasteiger partial charge >= 0.3 is 0 Å². The Labute approximate surface area is 190 Å². The first-order valence-electron chi connectivity index (χ1n) is 9.91. The first-order chi connectivity index (χ1) is 14.6. The van der Waals surface area contributed by atoms with Crippen molar-refractivity contribution in [1.29, 1.82) is 0 Å². The van der Waals surface area contributed by atoms with E-state index >= 15 is 0 Å². The summed E-state index contributed by atoms with van der Waals surface area (Å²) in [6, 6.07) is 16.1. The molecule has 3 heterocycles. The Morgan fingerprint density at radius 1 is 1.23 bits per heavy atom. The number of aryl methyl sites for hydroxylation is 1. The molecule has 2 atom stereocenters. The summed E-state index contributed by atoms with van der Waals surface area (Å²) in [6.07, 6.45) is 2.68. The monoisotopic (exact) mass is 485 g/mol. The first-order valence-corrected chi connectivity index (χ1v) is 11.1. The molecular weight excluding hydrogens is 462 g/mol. The molecule has 1 aliphatic heterocycles. The summed E-state index contributed by atoms with van der Waals surface area (Å²) in [6.45, 7) is 3.53. The third-order valence-corrected chi connectivity index (χ3v) is 6.26. The lowest BCUT2D eigenvalue weighted by Gasteiger charge is -2.26. The molecular formula is C23H24BrN3O2S. The van der Waals surface area contributed by atoms with Crippen LogP contribution in [-0.4, -0.2) is 35.3 Å². The second-order valence-corrected chi connectivity index (χ2v) is 8.59. The van der Waals surface area contributed by atoms with Gasteiger partial charge in [0.1, 0.15) is 17.6 Å². The zero-order valence-electron chi connectivity index (χ0n) is 17.0. The summed E-state index contributed by atoms with van der Waals surface area (Å²) >= 11 is 9.34. The molecule has 1 aromatic carbocycles. The lowest BCUT2D eigenvalue weighted by atomic mass is 10.0. The van der Waals surface area contributed by atoms with E-state index in [2.05, 4.69) is 56.3 Å². The number of benzene rings is 1. The van der Waals surface area contributed by atoms with Gasteiger partial charge in [0.2, 0.25) is 0 Å². The van der Waals surface area contributed by atoms with Gasteiger partial charge < -0.3 is 19.4 Å². The minimum absolute atomic E-state index is 0.0813. The molecule has 2 aromatic heterocycles. The maximum Gasteiger partial charge on any atom is 0.170 e. The summed E-state index contributed by atoms with van der Waals surface area (Å²) in [4.78, 5) is 6.75. The van der Waals surface area contributed by atoms with Crippen molar-refractivity contribution in [3.05, 3.63) is 76.2 Å². The van der Waals surface area contributed by atoms with Crippen molar-refractivity contribution < 1.29 is 9.15 Å². The molecule has 156 valence electrons. The quantitative estimate of drug-likeness (QED) is 0.356. The van der Waals surface area contributed by atoms with Gasteiger partial charge in [-0.05, 0) is 67.5 Å². The Morgan fingerprint density at radius 2 is 2.10 bits per heavy atom. The minimum atomic E-state index is -0.0818. The number of rotatable bonds is 7. The summed E-state index contributed by atoms with van der Waals surface area (Å²) in [5, 5.41) is 4.16. The molecule has 0 spiro atoms. The number of ether oxygens (including phenoxy) is 1. The van der Waals surface area contributed by atoms with E-state index in [0.717, 1.165) is 40.2 Å². The Balaban J connectivity index is 1.69.